The van der Waals surface area contributed by atoms with Gasteiger partial charge in [-0.15, -0.1) is 0 Å². The number of aryl methyl sites for hydroxylation is 1. The summed E-state index contributed by atoms with van der Waals surface area (Å²) in [6, 6.07) is 16.1. The Morgan fingerprint density at radius 3 is 2.74 bits per heavy atom. The van der Waals surface area contributed by atoms with Gasteiger partial charge in [0.25, 0.3) is 0 Å². The molecule has 27 heavy (non-hydrogen) atoms. The zero-order chi connectivity index (χ0) is 19.1. The van der Waals surface area contributed by atoms with Gasteiger partial charge in [0.1, 0.15) is 5.82 Å². The van der Waals surface area contributed by atoms with Gasteiger partial charge in [0.2, 0.25) is 5.95 Å². The lowest BCUT2D eigenvalue weighted by Gasteiger charge is -2.10. The standard InChI is InChI=1S/C21H21BrN4S/c1-3-4-12-27-19-14-18(9-8-15(19)2)24-20-10-11-23-21(26-20)25-17-7-5-6-16(22)13-17/h4-14H,3H2,1-2H3,(H2,23,24,25,26)/b12-4-. The fourth-order valence-corrected chi connectivity index (χ4v) is 3.64. The van der Waals surface area contributed by atoms with Crippen LogP contribution in [-0.4, -0.2) is 9.97 Å². The number of aromatic nitrogens is 2. The van der Waals surface area contributed by atoms with Crippen molar-refractivity contribution in [2.24, 2.45) is 0 Å². The van der Waals surface area contributed by atoms with Crippen molar-refractivity contribution in [3.63, 3.8) is 0 Å². The van der Waals surface area contributed by atoms with E-state index in [1.54, 1.807) is 18.0 Å². The Kier molecular flexibility index (Phi) is 6.90. The lowest BCUT2D eigenvalue weighted by atomic mass is 10.2. The van der Waals surface area contributed by atoms with Gasteiger partial charge in [-0.25, -0.2) is 4.98 Å². The topological polar surface area (TPSA) is 49.8 Å². The molecule has 6 heteroatoms. The summed E-state index contributed by atoms with van der Waals surface area (Å²) in [6.07, 6.45) is 4.94. The first-order valence-electron chi connectivity index (χ1n) is 8.69. The van der Waals surface area contributed by atoms with Crippen molar-refractivity contribution in [1.82, 2.24) is 9.97 Å². The molecule has 0 amide bonds. The first-order chi connectivity index (χ1) is 13.1. The molecule has 0 unspecified atom stereocenters. The number of benzene rings is 2. The molecule has 0 bridgehead atoms. The fraction of sp³-hybridized carbons (Fsp3) is 0.143. The predicted molar refractivity (Wildman–Crippen MR) is 119 cm³/mol. The molecule has 3 aromatic rings. The summed E-state index contributed by atoms with van der Waals surface area (Å²) in [5.41, 5.74) is 3.18. The van der Waals surface area contributed by atoms with E-state index in [-0.39, 0.29) is 0 Å². The van der Waals surface area contributed by atoms with Gasteiger partial charge in [-0.1, -0.05) is 52.8 Å². The third kappa shape index (κ3) is 5.84. The van der Waals surface area contributed by atoms with E-state index in [1.807, 2.05) is 30.3 Å². The number of thioether (sulfide) groups is 1. The van der Waals surface area contributed by atoms with E-state index in [0.29, 0.717) is 5.95 Å². The van der Waals surface area contributed by atoms with Gasteiger partial charge in [-0.05, 0) is 60.7 Å². The Balaban J connectivity index is 1.74. The van der Waals surface area contributed by atoms with Crippen molar-refractivity contribution < 1.29 is 0 Å². The van der Waals surface area contributed by atoms with Crippen LogP contribution >= 0.6 is 27.7 Å². The summed E-state index contributed by atoms with van der Waals surface area (Å²) in [7, 11) is 0. The van der Waals surface area contributed by atoms with Crippen molar-refractivity contribution in [2.75, 3.05) is 10.6 Å². The van der Waals surface area contributed by atoms with Crippen LogP contribution in [0.1, 0.15) is 18.9 Å². The van der Waals surface area contributed by atoms with E-state index in [9.17, 15) is 0 Å². The quantitative estimate of drug-likeness (QED) is 0.385. The molecule has 0 fully saturated rings. The molecule has 0 spiro atoms. The van der Waals surface area contributed by atoms with Crippen LogP contribution in [0.4, 0.5) is 23.1 Å². The second kappa shape index (κ2) is 9.58. The third-order valence-corrected chi connectivity index (χ3v) is 5.24. The van der Waals surface area contributed by atoms with Crippen molar-refractivity contribution in [1.29, 1.82) is 0 Å². The van der Waals surface area contributed by atoms with E-state index < -0.39 is 0 Å². The van der Waals surface area contributed by atoms with Crippen molar-refractivity contribution in [3.8, 4) is 0 Å². The van der Waals surface area contributed by atoms with Crippen molar-refractivity contribution in [3.05, 3.63) is 76.2 Å². The number of anilines is 4. The molecular formula is C21H21BrN4S. The maximum atomic E-state index is 4.55. The fourth-order valence-electron chi connectivity index (χ4n) is 2.35. The molecule has 0 aliphatic rings. The molecule has 138 valence electrons. The minimum absolute atomic E-state index is 0.547. The summed E-state index contributed by atoms with van der Waals surface area (Å²) < 4.78 is 1.00. The number of nitrogens with zero attached hydrogens (tertiary/aromatic N) is 2. The number of allylic oxidation sites excluding steroid dienone is 1. The van der Waals surface area contributed by atoms with Crippen LogP contribution in [0.3, 0.4) is 0 Å². The molecule has 0 radical (unpaired) electrons. The summed E-state index contributed by atoms with van der Waals surface area (Å²) in [5, 5.41) is 8.72. The Morgan fingerprint density at radius 2 is 1.93 bits per heavy atom. The molecule has 3 rings (SSSR count). The normalized spacial score (nSPS) is 10.9. The number of nitrogens with one attached hydrogen (secondary N) is 2. The maximum absolute atomic E-state index is 4.55. The predicted octanol–water partition coefficient (Wildman–Crippen LogP) is 7.05. The molecule has 1 aromatic heterocycles. The lowest BCUT2D eigenvalue weighted by molar-refractivity contribution is 1.16. The molecule has 0 atom stereocenters. The van der Waals surface area contributed by atoms with Crippen molar-refractivity contribution in [2.45, 2.75) is 25.2 Å². The molecule has 0 saturated carbocycles. The van der Waals surface area contributed by atoms with E-state index in [0.717, 1.165) is 28.1 Å². The molecule has 1 heterocycles. The third-order valence-electron chi connectivity index (χ3n) is 3.72. The highest BCUT2D eigenvalue weighted by Crippen LogP contribution is 2.28. The summed E-state index contributed by atoms with van der Waals surface area (Å²) in [6.45, 7) is 4.26. The zero-order valence-electron chi connectivity index (χ0n) is 15.2. The van der Waals surface area contributed by atoms with Crippen LogP contribution in [0.25, 0.3) is 0 Å². The first kappa shape index (κ1) is 19.5. The number of hydrogen-bond acceptors (Lipinski definition) is 5. The van der Waals surface area contributed by atoms with Crippen LogP contribution in [-0.2, 0) is 0 Å². The molecular weight excluding hydrogens is 420 g/mol. The van der Waals surface area contributed by atoms with Crippen LogP contribution in [0.15, 0.2) is 75.6 Å². The Morgan fingerprint density at radius 1 is 1.07 bits per heavy atom. The monoisotopic (exact) mass is 440 g/mol. The summed E-state index contributed by atoms with van der Waals surface area (Å²) >= 11 is 5.20. The van der Waals surface area contributed by atoms with Crippen LogP contribution in [0.5, 0.6) is 0 Å². The Bertz CT molecular complexity index is 943. The Labute approximate surface area is 172 Å². The second-order valence-corrected chi connectivity index (χ2v) is 7.77. The molecule has 2 aromatic carbocycles. The number of hydrogen-bond donors (Lipinski definition) is 2. The van der Waals surface area contributed by atoms with Gasteiger partial charge in [0, 0.05) is 26.9 Å². The smallest absolute Gasteiger partial charge is 0.229 e. The first-order valence-corrected chi connectivity index (χ1v) is 10.4. The van der Waals surface area contributed by atoms with Gasteiger partial charge >= 0.3 is 0 Å². The summed E-state index contributed by atoms with van der Waals surface area (Å²) in [4.78, 5) is 10.1. The maximum Gasteiger partial charge on any atom is 0.229 e. The highest BCUT2D eigenvalue weighted by Gasteiger charge is 2.04. The minimum Gasteiger partial charge on any atom is -0.340 e. The number of halogens is 1. The largest absolute Gasteiger partial charge is 0.340 e. The minimum atomic E-state index is 0.547. The van der Waals surface area contributed by atoms with Gasteiger partial charge in [-0.3, -0.25) is 0 Å². The van der Waals surface area contributed by atoms with Gasteiger partial charge in [-0.2, -0.15) is 4.98 Å². The van der Waals surface area contributed by atoms with Crippen LogP contribution in [0, 0.1) is 6.92 Å². The van der Waals surface area contributed by atoms with Gasteiger partial charge < -0.3 is 10.6 Å². The van der Waals surface area contributed by atoms with Crippen LogP contribution < -0.4 is 10.6 Å². The van der Waals surface area contributed by atoms with Gasteiger partial charge in [0.05, 0.1) is 0 Å². The van der Waals surface area contributed by atoms with E-state index in [4.69, 9.17) is 0 Å². The Hall–Kier alpha value is -2.31. The lowest BCUT2D eigenvalue weighted by Crippen LogP contribution is -2.00. The summed E-state index contributed by atoms with van der Waals surface area (Å²) in [5.74, 6) is 1.29. The highest BCUT2D eigenvalue weighted by atomic mass is 79.9. The highest BCUT2D eigenvalue weighted by molar-refractivity contribution is 9.10. The van der Waals surface area contributed by atoms with E-state index in [1.165, 1.54) is 10.5 Å². The average Bonchev–Trinajstić information content (AvgIpc) is 2.65. The average molecular weight is 441 g/mol. The van der Waals surface area contributed by atoms with Gasteiger partial charge in [0.15, 0.2) is 0 Å². The molecule has 2 N–H and O–H groups in total. The second-order valence-electron chi connectivity index (χ2n) is 5.90. The molecule has 0 aliphatic carbocycles. The number of rotatable bonds is 7. The molecule has 0 saturated heterocycles. The molecule has 0 aliphatic heterocycles. The zero-order valence-corrected chi connectivity index (χ0v) is 17.6. The van der Waals surface area contributed by atoms with Crippen molar-refractivity contribution >= 4 is 50.8 Å². The molecule has 4 nitrogen and oxygen atoms in total. The SMILES string of the molecule is CC/C=C\Sc1cc(Nc2ccnc(Nc3cccc(Br)c3)n2)ccc1C. The van der Waals surface area contributed by atoms with Crippen LogP contribution in [0.2, 0.25) is 0 Å². The van der Waals surface area contributed by atoms with E-state index >= 15 is 0 Å². The van der Waals surface area contributed by atoms with E-state index in [2.05, 4.69) is 80.1 Å².